The van der Waals surface area contributed by atoms with Crippen molar-refractivity contribution < 1.29 is 12.9 Å². The Balaban J connectivity index is 2.36. The Morgan fingerprint density at radius 1 is 1.38 bits per heavy atom. The van der Waals surface area contributed by atoms with E-state index in [0.29, 0.717) is 0 Å². The molecular weight excluding hydrogens is 246 g/mol. The van der Waals surface area contributed by atoms with Crippen LogP contribution in [0.25, 0.3) is 11.3 Å². The Morgan fingerprint density at radius 3 is 2.69 bits per heavy atom. The summed E-state index contributed by atoms with van der Waals surface area (Å²) in [5.41, 5.74) is 1.75. The normalized spacial score (nSPS) is 12.4. The Labute approximate surface area is 99.4 Å². The zero-order valence-corrected chi connectivity index (χ0v) is 10.0. The van der Waals surface area contributed by atoms with Crippen LogP contribution >= 0.6 is 11.3 Å². The smallest absolute Gasteiger partial charge is 0.349 e. The van der Waals surface area contributed by atoms with Crippen molar-refractivity contribution >= 4 is 22.7 Å². The van der Waals surface area contributed by atoms with E-state index >= 15 is 0 Å². The lowest BCUT2D eigenvalue weighted by atomic mass is 10.1. The molecule has 0 aliphatic carbocycles. The maximum absolute atomic E-state index is 10.5. The molecule has 2 rings (SSSR count). The Bertz CT molecular complexity index is 510. The van der Waals surface area contributed by atoms with Crippen LogP contribution in [0.5, 0.6) is 5.19 Å². The number of nitrogens with zero attached hydrogens (tertiary/aromatic N) is 1. The van der Waals surface area contributed by atoms with Gasteiger partial charge in [0, 0.05) is 10.4 Å². The van der Waals surface area contributed by atoms with E-state index in [-0.39, 0.29) is 5.19 Å². The van der Waals surface area contributed by atoms with Gasteiger partial charge in [0.25, 0.3) is 5.19 Å². The van der Waals surface area contributed by atoms with Crippen molar-refractivity contribution in [3.05, 3.63) is 35.2 Å². The highest BCUT2D eigenvalue weighted by Gasteiger charge is 2.11. The second kappa shape index (κ2) is 4.73. The average molecular weight is 255 g/mol. The quantitative estimate of drug-likeness (QED) is 0.856. The molecule has 0 saturated carbocycles. The fourth-order valence-electron chi connectivity index (χ4n) is 1.33. The van der Waals surface area contributed by atoms with E-state index in [2.05, 4.69) is 9.17 Å². The molecule has 6 heteroatoms. The molecular formula is C10H9NO3S2. The van der Waals surface area contributed by atoms with Crippen molar-refractivity contribution in [2.24, 2.45) is 0 Å². The second-order valence-electron chi connectivity index (χ2n) is 3.05. The summed E-state index contributed by atoms with van der Waals surface area (Å²) < 4.78 is 23.7. The standard InChI is InChI=1S/C10H9NO3S2/c1-7-9(8-5-3-2-4-6-8)11-10(15-7)14-16(12)13/h2-6H,1H3,(H,12,13). The zero-order chi connectivity index (χ0) is 11.5. The van der Waals surface area contributed by atoms with Gasteiger partial charge < -0.3 is 4.18 Å². The minimum atomic E-state index is -2.32. The molecule has 0 saturated heterocycles. The van der Waals surface area contributed by atoms with Crippen molar-refractivity contribution in [1.29, 1.82) is 0 Å². The highest BCUT2D eigenvalue weighted by atomic mass is 32.2. The molecule has 0 fully saturated rings. The van der Waals surface area contributed by atoms with Crippen molar-refractivity contribution in [1.82, 2.24) is 4.98 Å². The van der Waals surface area contributed by atoms with E-state index in [1.165, 1.54) is 11.3 Å². The summed E-state index contributed by atoms with van der Waals surface area (Å²) in [7, 11) is 0. The SMILES string of the molecule is Cc1sc(OS(=O)O)nc1-c1ccccc1. The molecule has 1 unspecified atom stereocenters. The van der Waals surface area contributed by atoms with Gasteiger partial charge in [-0.1, -0.05) is 41.7 Å². The lowest BCUT2D eigenvalue weighted by Gasteiger charge is -1.96. The fourth-order valence-corrected chi connectivity index (χ4v) is 2.46. The first kappa shape index (κ1) is 11.3. The van der Waals surface area contributed by atoms with Gasteiger partial charge >= 0.3 is 11.4 Å². The molecule has 0 amide bonds. The number of aromatic nitrogens is 1. The first-order chi connectivity index (χ1) is 7.66. The summed E-state index contributed by atoms with van der Waals surface area (Å²) in [5, 5.41) is 0.206. The first-order valence-corrected chi connectivity index (χ1v) is 6.33. The van der Waals surface area contributed by atoms with Crippen LogP contribution in [0.15, 0.2) is 30.3 Å². The Morgan fingerprint density at radius 2 is 2.06 bits per heavy atom. The summed E-state index contributed by atoms with van der Waals surface area (Å²) in [6.07, 6.45) is 0. The highest BCUT2D eigenvalue weighted by Crippen LogP contribution is 2.31. The van der Waals surface area contributed by atoms with Crippen LogP contribution in [0.1, 0.15) is 4.88 Å². The molecule has 0 bridgehead atoms. The molecule has 1 aromatic heterocycles. The molecule has 0 aliphatic heterocycles. The van der Waals surface area contributed by atoms with Gasteiger partial charge in [-0.2, -0.15) is 4.21 Å². The van der Waals surface area contributed by atoms with E-state index in [9.17, 15) is 4.21 Å². The largest absolute Gasteiger partial charge is 0.359 e. The molecule has 16 heavy (non-hydrogen) atoms. The summed E-state index contributed by atoms with van der Waals surface area (Å²) in [5.74, 6) is 0. The number of thiazole rings is 1. The van der Waals surface area contributed by atoms with Gasteiger partial charge in [-0.3, -0.25) is 4.55 Å². The van der Waals surface area contributed by atoms with Gasteiger partial charge in [-0.05, 0) is 6.92 Å². The molecule has 1 N–H and O–H groups in total. The topological polar surface area (TPSA) is 59.4 Å². The van der Waals surface area contributed by atoms with Gasteiger partial charge in [0.2, 0.25) is 0 Å². The fraction of sp³-hybridized carbons (Fsp3) is 0.100. The van der Waals surface area contributed by atoms with Gasteiger partial charge in [-0.15, -0.1) is 0 Å². The zero-order valence-electron chi connectivity index (χ0n) is 8.41. The third-order valence-corrected chi connectivity index (χ3v) is 3.22. The number of hydrogen-bond acceptors (Lipinski definition) is 4. The van der Waals surface area contributed by atoms with Crippen molar-refractivity contribution in [3.8, 4) is 16.5 Å². The van der Waals surface area contributed by atoms with Gasteiger partial charge in [0.15, 0.2) is 0 Å². The van der Waals surface area contributed by atoms with Crippen LogP contribution < -0.4 is 4.18 Å². The van der Waals surface area contributed by atoms with E-state index < -0.39 is 11.4 Å². The van der Waals surface area contributed by atoms with E-state index in [1.54, 1.807) is 0 Å². The number of rotatable bonds is 3. The third-order valence-electron chi connectivity index (χ3n) is 1.97. The minimum Gasteiger partial charge on any atom is -0.349 e. The Hall–Kier alpha value is -1.24. The van der Waals surface area contributed by atoms with Crippen molar-refractivity contribution in [3.63, 3.8) is 0 Å². The maximum Gasteiger partial charge on any atom is 0.359 e. The lowest BCUT2D eigenvalue weighted by molar-refractivity contribution is 0.456. The van der Waals surface area contributed by atoms with E-state index in [4.69, 9.17) is 4.55 Å². The molecule has 2 aromatic rings. The maximum atomic E-state index is 10.5. The van der Waals surface area contributed by atoms with Crippen LogP contribution in [-0.2, 0) is 11.4 Å². The van der Waals surface area contributed by atoms with Crippen LogP contribution in [0.4, 0.5) is 0 Å². The Kier molecular flexibility index (Phi) is 3.33. The average Bonchev–Trinajstić information content (AvgIpc) is 2.60. The van der Waals surface area contributed by atoms with Crippen LogP contribution in [0.3, 0.4) is 0 Å². The summed E-state index contributed by atoms with van der Waals surface area (Å²) in [4.78, 5) is 5.11. The van der Waals surface area contributed by atoms with E-state index in [0.717, 1.165) is 16.1 Å². The van der Waals surface area contributed by atoms with Crippen LogP contribution in [0, 0.1) is 6.92 Å². The molecule has 0 radical (unpaired) electrons. The first-order valence-electron chi connectivity index (χ1n) is 4.49. The predicted molar refractivity (Wildman–Crippen MR) is 63.7 cm³/mol. The van der Waals surface area contributed by atoms with Crippen LogP contribution in [0.2, 0.25) is 0 Å². The summed E-state index contributed by atoms with van der Waals surface area (Å²) >= 11 is -1.07. The van der Waals surface area contributed by atoms with Gasteiger partial charge in [0.1, 0.15) is 0 Å². The molecule has 1 aromatic carbocycles. The molecule has 1 heterocycles. The van der Waals surface area contributed by atoms with Gasteiger partial charge in [0.05, 0.1) is 5.69 Å². The summed E-state index contributed by atoms with van der Waals surface area (Å²) in [6, 6.07) is 9.62. The summed E-state index contributed by atoms with van der Waals surface area (Å²) in [6.45, 7) is 1.90. The predicted octanol–water partition coefficient (Wildman–Crippen LogP) is 2.63. The minimum absolute atomic E-state index is 0.206. The highest BCUT2D eigenvalue weighted by molar-refractivity contribution is 7.74. The molecule has 0 aliphatic rings. The van der Waals surface area contributed by atoms with E-state index in [1.807, 2.05) is 37.3 Å². The molecule has 1 atom stereocenters. The number of hydrogen-bond donors (Lipinski definition) is 1. The van der Waals surface area contributed by atoms with Gasteiger partial charge in [-0.25, -0.2) is 4.98 Å². The third kappa shape index (κ3) is 2.46. The molecule has 0 spiro atoms. The lowest BCUT2D eigenvalue weighted by Crippen LogP contribution is -1.96. The molecule has 4 nitrogen and oxygen atoms in total. The number of benzene rings is 1. The van der Waals surface area contributed by atoms with Crippen molar-refractivity contribution in [2.75, 3.05) is 0 Å². The van der Waals surface area contributed by atoms with Crippen LogP contribution in [-0.4, -0.2) is 13.7 Å². The number of aryl methyl sites for hydroxylation is 1. The second-order valence-corrected chi connectivity index (χ2v) is 4.82. The van der Waals surface area contributed by atoms with Crippen molar-refractivity contribution in [2.45, 2.75) is 6.92 Å². The monoisotopic (exact) mass is 255 g/mol. The molecule has 84 valence electrons.